The molecule has 1 saturated carbocycles. The second-order valence-corrected chi connectivity index (χ2v) is 9.00. The van der Waals surface area contributed by atoms with Crippen molar-refractivity contribution < 1.29 is 0 Å². The minimum Gasteiger partial charge on any atom is -0.0654 e. The topological polar surface area (TPSA) is 0 Å². The van der Waals surface area contributed by atoms with E-state index < -0.39 is 0 Å². The molecule has 1 aliphatic carbocycles. The zero-order chi connectivity index (χ0) is 16.0. The Kier molecular flexibility index (Phi) is 13.2. The van der Waals surface area contributed by atoms with E-state index in [-0.39, 0.29) is 0 Å². The summed E-state index contributed by atoms with van der Waals surface area (Å²) in [4.78, 5) is 0. The van der Waals surface area contributed by atoms with Crippen LogP contribution in [0.3, 0.4) is 0 Å². The molecule has 0 aromatic heterocycles. The predicted molar refractivity (Wildman–Crippen MR) is 105 cm³/mol. The molecule has 0 heterocycles. The first kappa shape index (κ1) is 20.7. The van der Waals surface area contributed by atoms with Gasteiger partial charge in [0.05, 0.1) is 0 Å². The maximum absolute atomic E-state index is 5.92. The van der Waals surface area contributed by atoms with Crippen molar-refractivity contribution in [1.82, 2.24) is 0 Å². The molecule has 2 heteroatoms. The van der Waals surface area contributed by atoms with Gasteiger partial charge in [-0.05, 0) is 35.4 Å². The standard InChI is InChI=1S/C20H39ClS/c1-3-4-5-6-7-8-9-10-11-12-13-19-14-16-20(17-15-19)18(2)22-21/h18-20H,3-17H2,1-2H3. The highest BCUT2D eigenvalue weighted by Crippen LogP contribution is 2.38. The average Bonchev–Trinajstić information content (AvgIpc) is 2.56. The average molecular weight is 347 g/mol. The van der Waals surface area contributed by atoms with Crippen LogP contribution in [0, 0.1) is 11.8 Å². The molecule has 132 valence electrons. The molecule has 0 bridgehead atoms. The highest BCUT2D eigenvalue weighted by atomic mass is 35.7. The number of halogens is 1. The van der Waals surface area contributed by atoms with Crippen LogP contribution in [0.2, 0.25) is 0 Å². The third-order valence-electron chi connectivity index (χ3n) is 5.66. The molecular weight excluding hydrogens is 308 g/mol. The summed E-state index contributed by atoms with van der Waals surface area (Å²) in [6.45, 7) is 4.59. The van der Waals surface area contributed by atoms with Crippen LogP contribution in [-0.4, -0.2) is 5.25 Å². The fraction of sp³-hybridized carbons (Fsp3) is 1.00. The van der Waals surface area contributed by atoms with Gasteiger partial charge < -0.3 is 0 Å². The molecule has 0 radical (unpaired) electrons. The Bertz CT molecular complexity index is 236. The fourth-order valence-corrected chi connectivity index (χ4v) is 4.79. The van der Waals surface area contributed by atoms with E-state index in [1.165, 1.54) is 107 Å². The van der Waals surface area contributed by atoms with Gasteiger partial charge in [0.2, 0.25) is 0 Å². The number of unbranched alkanes of at least 4 members (excludes halogenated alkanes) is 9. The second-order valence-electron chi connectivity index (χ2n) is 7.55. The van der Waals surface area contributed by atoms with Crippen molar-refractivity contribution in [2.24, 2.45) is 11.8 Å². The smallest absolute Gasteiger partial charge is 0.0199 e. The van der Waals surface area contributed by atoms with Crippen LogP contribution >= 0.6 is 21.7 Å². The van der Waals surface area contributed by atoms with Crippen LogP contribution in [0.15, 0.2) is 0 Å². The van der Waals surface area contributed by atoms with Crippen molar-refractivity contribution in [1.29, 1.82) is 0 Å². The Morgan fingerprint density at radius 1 is 0.818 bits per heavy atom. The SMILES string of the molecule is CCCCCCCCCCCCC1CCC(C(C)SCl)CC1. The van der Waals surface area contributed by atoms with Crippen molar-refractivity contribution in [3.63, 3.8) is 0 Å². The first-order valence-corrected chi connectivity index (χ1v) is 11.8. The highest BCUT2D eigenvalue weighted by molar-refractivity contribution is 8.21. The first-order chi connectivity index (χ1) is 10.8. The fourth-order valence-electron chi connectivity index (χ4n) is 3.94. The lowest BCUT2D eigenvalue weighted by atomic mass is 9.78. The summed E-state index contributed by atoms with van der Waals surface area (Å²) in [7, 11) is 7.46. The van der Waals surface area contributed by atoms with Crippen LogP contribution in [0.4, 0.5) is 0 Å². The largest absolute Gasteiger partial charge is 0.0654 e. The van der Waals surface area contributed by atoms with Gasteiger partial charge in [-0.25, -0.2) is 0 Å². The van der Waals surface area contributed by atoms with Gasteiger partial charge in [0, 0.05) is 5.25 Å². The van der Waals surface area contributed by atoms with Crippen LogP contribution in [-0.2, 0) is 0 Å². The summed E-state index contributed by atoms with van der Waals surface area (Å²) in [6.07, 6.45) is 21.8. The van der Waals surface area contributed by atoms with Crippen molar-refractivity contribution in [2.45, 2.75) is 115 Å². The van der Waals surface area contributed by atoms with Gasteiger partial charge in [0.15, 0.2) is 0 Å². The number of hydrogen-bond donors (Lipinski definition) is 0. The second kappa shape index (κ2) is 14.0. The third-order valence-corrected chi connectivity index (χ3v) is 7.17. The number of hydrogen-bond acceptors (Lipinski definition) is 1. The summed E-state index contributed by atoms with van der Waals surface area (Å²) in [5.74, 6) is 1.91. The number of rotatable bonds is 13. The Balaban J connectivity index is 1.86. The lowest BCUT2D eigenvalue weighted by Crippen LogP contribution is -2.21. The molecule has 0 amide bonds. The van der Waals surface area contributed by atoms with Crippen LogP contribution in [0.1, 0.15) is 110 Å². The van der Waals surface area contributed by atoms with Gasteiger partial charge in [-0.15, -0.1) is 0 Å². The molecule has 0 saturated heterocycles. The summed E-state index contributed by atoms with van der Waals surface area (Å²) in [5.41, 5.74) is 0. The van der Waals surface area contributed by atoms with E-state index in [2.05, 4.69) is 13.8 Å². The molecule has 0 N–H and O–H groups in total. The van der Waals surface area contributed by atoms with Crippen molar-refractivity contribution in [3.05, 3.63) is 0 Å². The molecule has 1 rings (SSSR count). The molecule has 0 aliphatic heterocycles. The van der Waals surface area contributed by atoms with E-state index in [1.807, 2.05) is 0 Å². The zero-order valence-electron chi connectivity index (χ0n) is 15.1. The van der Waals surface area contributed by atoms with Crippen LogP contribution in [0.5, 0.6) is 0 Å². The van der Waals surface area contributed by atoms with Gasteiger partial charge in [0.1, 0.15) is 0 Å². The van der Waals surface area contributed by atoms with E-state index in [0.29, 0.717) is 5.25 Å². The lowest BCUT2D eigenvalue weighted by molar-refractivity contribution is 0.258. The Morgan fingerprint density at radius 2 is 1.32 bits per heavy atom. The van der Waals surface area contributed by atoms with E-state index in [4.69, 9.17) is 10.7 Å². The van der Waals surface area contributed by atoms with Crippen LogP contribution in [0.25, 0.3) is 0 Å². The van der Waals surface area contributed by atoms with Gasteiger partial charge in [0.25, 0.3) is 0 Å². The Labute approximate surface area is 149 Å². The molecule has 1 atom stereocenters. The van der Waals surface area contributed by atoms with Gasteiger partial charge in [-0.2, -0.15) is 0 Å². The van der Waals surface area contributed by atoms with Crippen LogP contribution < -0.4 is 0 Å². The Morgan fingerprint density at radius 3 is 1.82 bits per heavy atom. The summed E-state index contributed by atoms with van der Waals surface area (Å²) >= 11 is 0. The molecule has 0 aromatic rings. The van der Waals surface area contributed by atoms with E-state index in [0.717, 1.165) is 11.8 Å². The highest BCUT2D eigenvalue weighted by Gasteiger charge is 2.24. The predicted octanol–water partition coefficient (Wildman–Crippen LogP) is 8.38. The summed E-state index contributed by atoms with van der Waals surface area (Å²) in [6, 6.07) is 0. The quantitative estimate of drug-likeness (QED) is 0.302. The zero-order valence-corrected chi connectivity index (χ0v) is 16.7. The van der Waals surface area contributed by atoms with E-state index in [9.17, 15) is 0 Å². The minimum atomic E-state index is 0.653. The lowest BCUT2D eigenvalue weighted by Gasteiger charge is -2.31. The summed E-state index contributed by atoms with van der Waals surface area (Å²) in [5, 5.41) is 0.653. The van der Waals surface area contributed by atoms with E-state index in [1.54, 1.807) is 0 Å². The van der Waals surface area contributed by atoms with Gasteiger partial charge >= 0.3 is 0 Å². The first-order valence-electron chi connectivity index (χ1n) is 10.0. The van der Waals surface area contributed by atoms with E-state index >= 15 is 0 Å². The summed E-state index contributed by atoms with van der Waals surface area (Å²) < 4.78 is 0. The normalized spacial score (nSPS) is 23.6. The molecule has 0 spiro atoms. The Hall–Kier alpha value is 0.640. The van der Waals surface area contributed by atoms with Crippen molar-refractivity contribution in [3.8, 4) is 0 Å². The van der Waals surface area contributed by atoms with Gasteiger partial charge in [-0.3, -0.25) is 0 Å². The van der Waals surface area contributed by atoms with Crippen molar-refractivity contribution in [2.75, 3.05) is 0 Å². The minimum absolute atomic E-state index is 0.653. The third kappa shape index (κ3) is 9.71. The monoisotopic (exact) mass is 346 g/mol. The molecule has 1 aliphatic rings. The van der Waals surface area contributed by atoms with Gasteiger partial charge in [-0.1, -0.05) is 108 Å². The molecular formula is C20H39ClS. The van der Waals surface area contributed by atoms with Crippen molar-refractivity contribution >= 4 is 21.7 Å². The molecule has 0 aromatic carbocycles. The molecule has 1 fully saturated rings. The maximum atomic E-state index is 5.92. The molecule has 0 nitrogen and oxygen atoms in total. The molecule has 22 heavy (non-hydrogen) atoms. The maximum Gasteiger partial charge on any atom is 0.0199 e. The molecule has 1 unspecified atom stereocenters.